The number of carbonyl (C=O) groups excluding carboxylic acids is 1. The number of aliphatic hydroxyl groups excluding tert-OH is 1. The van der Waals surface area contributed by atoms with Crippen LogP contribution < -0.4 is 5.32 Å². The van der Waals surface area contributed by atoms with E-state index in [-0.39, 0.29) is 18.1 Å². The van der Waals surface area contributed by atoms with E-state index in [9.17, 15) is 9.90 Å². The van der Waals surface area contributed by atoms with Gasteiger partial charge in [-0.2, -0.15) is 0 Å². The van der Waals surface area contributed by atoms with Crippen LogP contribution in [0, 0.1) is 0 Å². The number of nitrogens with one attached hydrogen (secondary N) is 1. The molecule has 0 aromatic carbocycles. The number of hydrogen-bond acceptors (Lipinski definition) is 4. The zero-order valence-electron chi connectivity index (χ0n) is 9.04. The molecule has 0 aromatic heterocycles. The Morgan fingerprint density at radius 2 is 2.14 bits per heavy atom. The molecule has 0 radical (unpaired) electrons. The minimum atomic E-state index is -0.457. The number of esters is 1. The van der Waals surface area contributed by atoms with E-state index < -0.39 is 5.60 Å². The third-order valence-electron chi connectivity index (χ3n) is 2.07. The molecule has 0 amide bonds. The first-order chi connectivity index (χ1) is 6.38. The molecule has 2 atom stereocenters. The Morgan fingerprint density at radius 3 is 2.64 bits per heavy atom. The SMILES string of the molecule is CC(C)(C)OC(=O)[C@@H]1C[C@H](O)CCN1. The zero-order valence-corrected chi connectivity index (χ0v) is 9.04. The average molecular weight is 201 g/mol. The van der Waals surface area contributed by atoms with Crippen LogP contribution in [0.3, 0.4) is 0 Å². The smallest absolute Gasteiger partial charge is 0.323 e. The monoisotopic (exact) mass is 201 g/mol. The fourth-order valence-electron chi connectivity index (χ4n) is 1.45. The topological polar surface area (TPSA) is 58.6 Å². The van der Waals surface area contributed by atoms with Crippen LogP contribution in [0.2, 0.25) is 0 Å². The fourth-order valence-corrected chi connectivity index (χ4v) is 1.45. The van der Waals surface area contributed by atoms with Gasteiger partial charge in [0.05, 0.1) is 6.10 Å². The van der Waals surface area contributed by atoms with E-state index in [0.717, 1.165) is 0 Å². The molecule has 0 saturated carbocycles. The number of rotatable bonds is 1. The molecular weight excluding hydrogens is 182 g/mol. The van der Waals surface area contributed by atoms with Crippen molar-refractivity contribution in [3.63, 3.8) is 0 Å². The van der Waals surface area contributed by atoms with Crippen molar-refractivity contribution in [3.8, 4) is 0 Å². The Labute approximate surface area is 84.6 Å². The Morgan fingerprint density at radius 1 is 1.50 bits per heavy atom. The van der Waals surface area contributed by atoms with Crippen molar-refractivity contribution in [2.75, 3.05) is 6.54 Å². The first-order valence-electron chi connectivity index (χ1n) is 5.03. The van der Waals surface area contributed by atoms with Gasteiger partial charge in [0.25, 0.3) is 0 Å². The van der Waals surface area contributed by atoms with Gasteiger partial charge in [-0.15, -0.1) is 0 Å². The van der Waals surface area contributed by atoms with E-state index in [0.29, 0.717) is 19.4 Å². The van der Waals surface area contributed by atoms with Crippen LogP contribution in [0.15, 0.2) is 0 Å². The van der Waals surface area contributed by atoms with E-state index in [1.807, 2.05) is 20.8 Å². The lowest BCUT2D eigenvalue weighted by Gasteiger charge is -2.29. The van der Waals surface area contributed by atoms with Crippen LogP contribution in [-0.2, 0) is 9.53 Å². The standard InChI is InChI=1S/C10H19NO3/c1-10(2,3)14-9(13)8-6-7(12)4-5-11-8/h7-8,11-12H,4-6H2,1-3H3/t7-,8+/m1/s1. The number of carbonyl (C=O) groups is 1. The molecule has 4 nitrogen and oxygen atoms in total. The Balaban J connectivity index is 2.44. The second kappa shape index (κ2) is 4.28. The summed E-state index contributed by atoms with van der Waals surface area (Å²) in [5, 5.41) is 12.4. The van der Waals surface area contributed by atoms with Crippen LogP contribution in [0.1, 0.15) is 33.6 Å². The molecule has 82 valence electrons. The molecule has 4 heteroatoms. The van der Waals surface area contributed by atoms with Crippen molar-refractivity contribution >= 4 is 5.97 Å². The third kappa shape index (κ3) is 3.64. The number of aliphatic hydroxyl groups is 1. The van der Waals surface area contributed by atoms with Gasteiger partial charge in [0.15, 0.2) is 0 Å². The lowest BCUT2D eigenvalue weighted by molar-refractivity contribution is -0.159. The molecule has 1 heterocycles. The van der Waals surface area contributed by atoms with Gasteiger partial charge in [-0.25, -0.2) is 0 Å². The lowest BCUT2D eigenvalue weighted by atomic mass is 10.0. The lowest BCUT2D eigenvalue weighted by Crippen LogP contribution is -2.47. The normalized spacial score (nSPS) is 28.6. The summed E-state index contributed by atoms with van der Waals surface area (Å²) in [4.78, 5) is 11.6. The summed E-state index contributed by atoms with van der Waals surface area (Å²) in [5.41, 5.74) is -0.457. The van der Waals surface area contributed by atoms with Crippen molar-refractivity contribution in [2.24, 2.45) is 0 Å². The molecule has 14 heavy (non-hydrogen) atoms. The molecular formula is C10H19NO3. The summed E-state index contributed by atoms with van der Waals surface area (Å²) in [5.74, 6) is -0.267. The average Bonchev–Trinajstić information content (AvgIpc) is 2.01. The van der Waals surface area contributed by atoms with Crippen LogP contribution >= 0.6 is 0 Å². The van der Waals surface area contributed by atoms with Gasteiger partial charge in [-0.1, -0.05) is 0 Å². The highest BCUT2D eigenvalue weighted by molar-refractivity contribution is 5.76. The summed E-state index contributed by atoms with van der Waals surface area (Å²) < 4.78 is 5.21. The number of piperidine rings is 1. The summed E-state index contributed by atoms with van der Waals surface area (Å²) in [6.07, 6.45) is 0.780. The minimum Gasteiger partial charge on any atom is -0.459 e. The predicted molar refractivity (Wildman–Crippen MR) is 52.9 cm³/mol. The van der Waals surface area contributed by atoms with Gasteiger partial charge >= 0.3 is 5.97 Å². The molecule has 1 saturated heterocycles. The molecule has 1 aliphatic heterocycles. The minimum absolute atomic E-state index is 0.267. The predicted octanol–water partition coefficient (Wildman–Crippen LogP) is 0.441. The van der Waals surface area contributed by atoms with E-state index >= 15 is 0 Å². The summed E-state index contributed by atoms with van der Waals surface area (Å²) in [7, 11) is 0. The Kier molecular flexibility index (Phi) is 3.50. The summed E-state index contributed by atoms with van der Waals surface area (Å²) >= 11 is 0. The van der Waals surface area contributed by atoms with Crippen molar-refractivity contribution in [1.29, 1.82) is 0 Å². The van der Waals surface area contributed by atoms with Crippen LogP contribution in [-0.4, -0.2) is 35.4 Å². The molecule has 0 spiro atoms. The van der Waals surface area contributed by atoms with Gasteiger partial charge < -0.3 is 15.2 Å². The molecule has 1 rings (SSSR count). The second-order valence-corrected chi connectivity index (χ2v) is 4.72. The third-order valence-corrected chi connectivity index (χ3v) is 2.07. The first-order valence-corrected chi connectivity index (χ1v) is 5.03. The van der Waals surface area contributed by atoms with Gasteiger partial charge in [-0.05, 0) is 40.2 Å². The summed E-state index contributed by atoms with van der Waals surface area (Å²) in [6, 6.07) is -0.349. The Hall–Kier alpha value is -0.610. The number of hydrogen-bond donors (Lipinski definition) is 2. The molecule has 1 aliphatic rings. The highest BCUT2D eigenvalue weighted by atomic mass is 16.6. The van der Waals surface area contributed by atoms with E-state index in [4.69, 9.17) is 4.74 Å². The number of ether oxygens (including phenoxy) is 1. The molecule has 2 N–H and O–H groups in total. The zero-order chi connectivity index (χ0) is 10.8. The highest BCUT2D eigenvalue weighted by Crippen LogP contribution is 2.14. The largest absolute Gasteiger partial charge is 0.459 e. The Bertz CT molecular complexity index is 210. The van der Waals surface area contributed by atoms with Crippen molar-refractivity contribution in [3.05, 3.63) is 0 Å². The second-order valence-electron chi connectivity index (χ2n) is 4.72. The first kappa shape index (κ1) is 11.5. The van der Waals surface area contributed by atoms with Gasteiger partial charge in [-0.3, -0.25) is 4.79 Å². The van der Waals surface area contributed by atoms with E-state index in [2.05, 4.69) is 5.32 Å². The molecule has 0 aromatic rings. The van der Waals surface area contributed by atoms with Gasteiger partial charge in [0, 0.05) is 0 Å². The molecule has 0 aliphatic carbocycles. The fraction of sp³-hybridized carbons (Fsp3) is 0.900. The van der Waals surface area contributed by atoms with Crippen molar-refractivity contribution in [1.82, 2.24) is 5.32 Å². The molecule has 1 fully saturated rings. The van der Waals surface area contributed by atoms with Gasteiger partial charge in [0.1, 0.15) is 11.6 Å². The summed E-state index contributed by atoms with van der Waals surface area (Å²) in [6.45, 7) is 6.18. The van der Waals surface area contributed by atoms with E-state index in [1.54, 1.807) is 0 Å². The highest BCUT2D eigenvalue weighted by Gasteiger charge is 2.29. The maximum atomic E-state index is 11.6. The maximum absolute atomic E-state index is 11.6. The van der Waals surface area contributed by atoms with E-state index in [1.165, 1.54) is 0 Å². The quantitative estimate of drug-likeness (QED) is 0.604. The molecule has 0 bridgehead atoms. The van der Waals surface area contributed by atoms with Crippen LogP contribution in [0.4, 0.5) is 0 Å². The van der Waals surface area contributed by atoms with Crippen molar-refractivity contribution < 1.29 is 14.6 Å². The van der Waals surface area contributed by atoms with Crippen molar-refractivity contribution in [2.45, 2.75) is 51.4 Å². The van der Waals surface area contributed by atoms with Gasteiger partial charge in [0.2, 0.25) is 0 Å². The van der Waals surface area contributed by atoms with Crippen LogP contribution in [0.5, 0.6) is 0 Å². The maximum Gasteiger partial charge on any atom is 0.323 e. The van der Waals surface area contributed by atoms with Crippen LogP contribution in [0.25, 0.3) is 0 Å². The molecule has 0 unspecified atom stereocenters.